The van der Waals surface area contributed by atoms with Crippen LogP contribution in [-0.2, 0) is 11.8 Å². The van der Waals surface area contributed by atoms with Crippen LogP contribution in [-0.4, -0.2) is 40.6 Å². The van der Waals surface area contributed by atoms with E-state index >= 15 is 0 Å². The molecule has 34 heavy (non-hydrogen) atoms. The number of aromatic nitrogens is 3. The molecule has 3 rings (SSSR count). The average molecular weight is 525 g/mol. The van der Waals surface area contributed by atoms with Crippen molar-refractivity contribution in [2.45, 2.75) is 32.0 Å². The Bertz CT molecular complexity index is 1180. The second kappa shape index (κ2) is 11.2. The zero-order valence-corrected chi connectivity index (χ0v) is 22.1. The molecule has 8 nitrogen and oxygen atoms in total. The second-order valence-electron chi connectivity index (χ2n) is 7.55. The molecule has 0 aliphatic heterocycles. The third kappa shape index (κ3) is 5.89. The van der Waals surface area contributed by atoms with Gasteiger partial charge in [-0.15, -0.1) is 10.2 Å². The molecular formula is C23H26Cl2N4O4S. The first-order valence-electron chi connectivity index (χ1n) is 10.3. The van der Waals surface area contributed by atoms with Gasteiger partial charge in [-0.05, 0) is 44.0 Å². The largest absolute Gasteiger partial charge is 0.495 e. The summed E-state index contributed by atoms with van der Waals surface area (Å²) in [6, 6.07) is 6.98. The van der Waals surface area contributed by atoms with Crippen molar-refractivity contribution in [3.63, 3.8) is 0 Å². The fourth-order valence-electron chi connectivity index (χ4n) is 3.31. The van der Waals surface area contributed by atoms with E-state index < -0.39 is 0 Å². The Labute approximate surface area is 212 Å². The molecule has 182 valence electrons. The highest BCUT2D eigenvalue weighted by molar-refractivity contribution is 7.99. The summed E-state index contributed by atoms with van der Waals surface area (Å²) in [5.74, 6) is 2.08. The van der Waals surface area contributed by atoms with Crippen LogP contribution in [0.25, 0.3) is 0 Å². The first-order valence-corrected chi connectivity index (χ1v) is 12.1. The van der Waals surface area contributed by atoms with Crippen LogP contribution >= 0.6 is 35.0 Å². The number of halogens is 2. The van der Waals surface area contributed by atoms with Gasteiger partial charge in [0, 0.05) is 24.2 Å². The van der Waals surface area contributed by atoms with E-state index in [0.717, 1.165) is 16.1 Å². The lowest BCUT2D eigenvalue weighted by atomic mass is 10.1. The molecule has 0 spiro atoms. The molecule has 1 unspecified atom stereocenters. The third-order valence-electron chi connectivity index (χ3n) is 5.04. The molecule has 0 bridgehead atoms. The molecule has 0 aliphatic rings. The van der Waals surface area contributed by atoms with E-state index in [4.69, 9.17) is 37.4 Å². The quantitative estimate of drug-likeness (QED) is 0.363. The van der Waals surface area contributed by atoms with Crippen LogP contribution in [0.5, 0.6) is 17.2 Å². The maximum atomic E-state index is 12.6. The minimum Gasteiger partial charge on any atom is -0.495 e. The summed E-state index contributed by atoms with van der Waals surface area (Å²) in [6.07, 6.45) is -0.355. The zero-order valence-electron chi connectivity index (χ0n) is 19.7. The predicted octanol–water partition coefficient (Wildman–Crippen LogP) is 5.63. The van der Waals surface area contributed by atoms with Crippen molar-refractivity contribution < 1.29 is 19.0 Å². The summed E-state index contributed by atoms with van der Waals surface area (Å²) in [5.41, 5.74) is 2.35. The number of nitrogens with zero attached hydrogens (tertiary/aromatic N) is 3. The monoisotopic (exact) mass is 524 g/mol. The number of carbonyl (C=O) groups excluding carboxylic acids is 1. The molecule has 1 aromatic heterocycles. The number of amides is 1. The van der Waals surface area contributed by atoms with Crippen LogP contribution < -0.4 is 19.5 Å². The van der Waals surface area contributed by atoms with Crippen LogP contribution in [0.2, 0.25) is 10.0 Å². The maximum absolute atomic E-state index is 12.6. The van der Waals surface area contributed by atoms with E-state index in [-0.39, 0.29) is 17.8 Å². The number of hydrogen-bond donors (Lipinski definition) is 1. The first kappa shape index (κ1) is 26.0. The van der Waals surface area contributed by atoms with Crippen LogP contribution in [0.15, 0.2) is 29.4 Å². The molecule has 1 N–H and O–H groups in total. The summed E-state index contributed by atoms with van der Waals surface area (Å²) < 4.78 is 18.4. The number of carbonyl (C=O) groups is 1. The van der Waals surface area contributed by atoms with Gasteiger partial charge in [-0.1, -0.05) is 35.0 Å². The molecule has 0 saturated heterocycles. The van der Waals surface area contributed by atoms with Gasteiger partial charge in [-0.2, -0.15) is 0 Å². The maximum Gasteiger partial charge on any atom is 0.234 e. The van der Waals surface area contributed by atoms with Gasteiger partial charge in [-0.25, -0.2) is 0 Å². The molecule has 1 heterocycles. The van der Waals surface area contributed by atoms with E-state index in [9.17, 15) is 4.79 Å². The molecule has 11 heteroatoms. The van der Waals surface area contributed by atoms with Gasteiger partial charge in [0.05, 0.1) is 30.7 Å². The highest BCUT2D eigenvalue weighted by Crippen LogP contribution is 2.36. The summed E-state index contributed by atoms with van der Waals surface area (Å²) in [7, 11) is 4.83. The zero-order chi connectivity index (χ0) is 25.0. The standard InChI is InChI=1S/C23H26Cl2N4O4S/c1-12-7-15(8-13(2)21(12)25)33-14(3)22-27-28-23(29(22)4)34-11-20(30)26-17-10-18(31-5)16(24)9-19(17)32-6/h7-10,14H,11H2,1-6H3,(H,26,30). The lowest BCUT2D eigenvalue weighted by Gasteiger charge is -2.16. The van der Waals surface area contributed by atoms with Gasteiger partial charge in [0.1, 0.15) is 17.2 Å². The van der Waals surface area contributed by atoms with Crippen LogP contribution in [0, 0.1) is 13.8 Å². The molecule has 1 atom stereocenters. The summed E-state index contributed by atoms with van der Waals surface area (Å²) >= 11 is 13.6. The van der Waals surface area contributed by atoms with Gasteiger partial charge in [0.2, 0.25) is 5.91 Å². The van der Waals surface area contributed by atoms with Gasteiger partial charge in [-0.3, -0.25) is 4.79 Å². The molecule has 2 aromatic carbocycles. The van der Waals surface area contributed by atoms with Crippen molar-refractivity contribution >= 4 is 46.6 Å². The first-order chi connectivity index (χ1) is 16.1. The van der Waals surface area contributed by atoms with Crippen molar-refractivity contribution in [1.82, 2.24) is 14.8 Å². The molecule has 3 aromatic rings. The summed E-state index contributed by atoms with van der Waals surface area (Å²) in [5, 5.41) is 13.0. The molecule has 0 fully saturated rings. The summed E-state index contributed by atoms with van der Waals surface area (Å²) in [4.78, 5) is 12.6. The number of aryl methyl sites for hydroxylation is 2. The van der Waals surface area contributed by atoms with Gasteiger partial charge in [0.25, 0.3) is 0 Å². The number of rotatable bonds is 9. The minimum atomic E-state index is -0.355. The van der Waals surface area contributed by atoms with Gasteiger partial charge < -0.3 is 24.1 Å². The normalized spacial score (nSPS) is 11.8. The number of ether oxygens (including phenoxy) is 3. The third-order valence-corrected chi connectivity index (χ3v) is 6.95. The Morgan fingerprint density at radius 1 is 1.09 bits per heavy atom. The fraction of sp³-hybridized carbons (Fsp3) is 0.348. The van der Waals surface area contributed by atoms with Crippen LogP contribution in [0.1, 0.15) is 30.0 Å². The van der Waals surface area contributed by atoms with E-state index in [1.54, 1.807) is 12.1 Å². The van der Waals surface area contributed by atoms with Crippen molar-refractivity contribution in [3.8, 4) is 17.2 Å². The summed E-state index contributed by atoms with van der Waals surface area (Å²) in [6.45, 7) is 5.76. The number of thioether (sulfide) groups is 1. The highest BCUT2D eigenvalue weighted by Gasteiger charge is 2.19. The Balaban J connectivity index is 1.65. The van der Waals surface area contributed by atoms with Crippen LogP contribution in [0.3, 0.4) is 0 Å². The Kier molecular flexibility index (Phi) is 8.57. The molecule has 0 radical (unpaired) electrons. The number of hydrogen-bond acceptors (Lipinski definition) is 7. The molecule has 1 amide bonds. The smallest absolute Gasteiger partial charge is 0.234 e. The number of nitrogens with one attached hydrogen (secondary N) is 1. The molecular weight excluding hydrogens is 499 g/mol. The second-order valence-corrected chi connectivity index (χ2v) is 9.28. The molecule has 0 aliphatic carbocycles. The highest BCUT2D eigenvalue weighted by atomic mass is 35.5. The Morgan fingerprint density at radius 3 is 2.35 bits per heavy atom. The average Bonchev–Trinajstić information content (AvgIpc) is 3.17. The lowest BCUT2D eigenvalue weighted by Crippen LogP contribution is -2.15. The van der Waals surface area contributed by atoms with E-state index in [1.165, 1.54) is 26.0 Å². The minimum absolute atomic E-state index is 0.116. The van der Waals surface area contributed by atoms with Crippen LogP contribution in [0.4, 0.5) is 5.69 Å². The fourth-order valence-corrected chi connectivity index (χ4v) is 4.37. The van der Waals surface area contributed by atoms with E-state index in [0.29, 0.717) is 38.9 Å². The molecule has 0 saturated carbocycles. The van der Waals surface area contributed by atoms with E-state index in [1.807, 2.05) is 44.5 Å². The predicted molar refractivity (Wildman–Crippen MR) is 135 cm³/mol. The number of anilines is 1. The Morgan fingerprint density at radius 2 is 1.74 bits per heavy atom. The van der Waals surface area contributed by atoms with E-state index in [2.05, 4.69) is 15.5 Å². The number of methoxy groups -OCH3 is 2. The SMILES string of the molecule is COc1cc(NC(=O)CSc2nnc(C(C)Oc3cc(C)c(Cl)c(C)c3)n2C)c(OC)cc1Cl. The number of benzene rings is 2. The van der Waals surface area contributed by atoms with Crippen molar-refractivity contribution in [2.24, 2.45) is 7.05 Å². The van der Waals surface area contributed by atoms with Crippen molar-refractivity contribution in [1.29, 1.82) is 0 Å². The van der Waals surface area contributed by atoms with Gasteiger partial charge in [0.15, 0.2) is 17.1 Å². The Hall–Kier alpha value is -2.62. The van der Waals surface area contributed by atoms with Crippen molar-refractivity contribution in [2.75, 3.05) is 25.3 Å². The lowest BCUT2D eigenvalue weighted by molar-refractivity contribution is -0.113. The topological polar surface area (TPSA) is 87.5 Å². The van der Waals surface area contributed by atoms with Crippen molar-refractivity contribution in [3.05, 3.63) is 51.3 Å². The van der Waals surface area contributed by atoms with Gasteiger partial charge >= 0.3 is 0 Å².